The first kappa shape index (κ1) is 17.8. The Morgan fingerprint density at radius 3 is 2.74 bits per heavy atom. The summed E-state index contributed by atoms with van der Waals surface area (Å²) in [5, 5.41) is 12.4. The van der Waals surface area contributed by atoms with Gasteiger partial charge in [-0.05, 0) is 18.3 Å². The normalized spacial score (nSPS) is 24.4. The van der Waals surface area contributed by atoms with Gasteiger partial charge in [0.05, 0.1) is 6.20 Å². The van der Waals surface area contributed by atoms with Crippen LogP contribution < -0.4 is 5.32 Å². The van der Waals surface area contributed by atoms with E-state index in [1.165, 1.54) is 0 Å². The number of nitrogens with zero attached hydrogens (tertiary/aromatic N) is 1. The Bertz CT molecular complexity index is 519. The monoisotopic (exact) mass is 334 g/mol. The van der Waals surface area contributed by atoms with Crippen molar-refractivity contribution in [1.29, 1.82) is 0 Å². The minimum atomic E-state index is -4.94. The molecule has 1 amide bonds. The fourth-order valence-corrected chi connectivity index (χ4v) is 3.02. The van der Waals surface area contributed by atoms with Crippen LogP contribution >= 0.6 is 0 Å². The average molecular weight is 334 g/mol. The van der Waals surface area contributed by atoms with Crippen LogP contribution in [0.5, 0.6) is 0 Å². The summed E-state index contributed by atoms with van der Waals surface area (Å²) in [5.74, 6) is -0.368. The molecule has 2 rings (SSSR count). The fourth-order valence-electron chi connectivity index (χ4n) is 3.02. The maximum atomic E-state index is 13.1. The molecular formula is C15H21F3N2O3. The zero-order valence-corrected chi connectivity index (χ0v) is 12.9. The van der Waals surface area contributed by atoms with Gasteiger partial charge in [-0.3, -0.25) is 4.79 Å². The molecule has 1 heterocycles. The third kappa shape index (κ3) is 4.04. The summed E-state index contributed by atoms with van der Waals surface area (Å²) in [6.45, 7) is 1.77. The lowest BCUT2D eigenvalue weighted by Gasteiger charge is -2.27. The molecule has 1 fully saturated rings. The predicted octanol–water partition coefficient (Wildman–Crippen LogP) is 2.76. The Morgan fingerprint density at radius 1 is 1.48 bits per heavy atom. The molecule has 0 radical (unpaired) electrons. The first-order valence-electron chi connectivity index (χ1n) is 7.70. The molecule has 0 bridgehead atoms. The van der Waals surface area contributed by atoms with E-state index in [-0.39, 0.29) is 18.4 Å². The van der Waals surface area contributed by atoms with Crippen LogP contribution in [0.2, 0.25) is 0 Å². The number of aliphatic hydroxyl groups is 1. The summed E-state index contributed by atoms with van der Waals surface area (Å²) in [6, 6.07) is 0. The highest BCUT2D eigenvalue weighted by atomic mass is 19.4. The molecule has 1 aromatic heterocycles. The number of halogens is 3. The lowest BCUT2D eigenvalue weighted by Crippen LogP contribution is -2.45. The van der Waals surface area contributed by atoms with Gasteiger partial charge in [0.25, 0.3) is 0 Å². The SMILES string of the molecule is CC1CCCC1CC(=O)NCCC(O)(c1ncco1)C(F)(F)F. The van der Waals surface area contributed by atoms with Crippen molar-refractivity contribution < 1.29 is 27.5 Å². The van der Waals surface area contributed by atoms with Gasteiger partial charge >= 0.3 is 6.18 Å². The molecule has 0 spiro atoms. The van der Waals surface area contributed by atoms with Gasteiger partial charge in [-0.25, -0.2) is 4.98 Å². The number of carbonyl (C=O) groups excluding carboxylic acids is 1. The minimum absolute atomic E-state index is 0.281. The molecule has 1 aliphatic rings. The van der Waals surface area contributed by atoms with Crippen LogP contribution in [0.4, 0.5) is 13.2 Å². The molecule has 23 heavy (non-hydrogen) atoms. The zero-order chi connectivity index (χ0) is 17.1. The maximum Gasteiger partial charge on any atom is 0.426 e. The van der Waals surface area contributed by atoms with E-state index in [0.29, 0.717) is 12.3 Å². The molecule has 0 saturated heterocycles. The molecule has 0 aromatic carbocycles. The van der Waals surface area contributed by atoms with Gasteiger partial charge in [0.2, 0.25) is 17.4 Å². The summed E-state index contributed by atoms with van der Waals surface area (Å²) < 4.78 is 43.9. The predicted molar refractivity (Wildman–Crippen MR) is 75.2 cm³/mol. The molecule has 8 heteroatoms. The second kappa shape index (κ2) is 6.90. The Labute approximate surface area is 132 Å². The number of alkyl halides is 3. The van der Waals surface area contributed by atoms with Crippen LogP contribution in [-0.4, -0.2) is 28.7 Å². The highest BCUT2D eigenvalue weighted by molar-refractivity contribution is 5.76. The van der Waals surface area contributed by atoms with E-state index in [9.17, 15) is 23.1 Å². The zero-order valence-electron chi connectivity index (χ0n) is 12.9. The molecule has 5 nitrogen and oxygen atoms in total. The molecule has 1 saturated carbocycles. The third-order valence-corrected chi connectivity index (χ3v) is 4.55. The van der Waals surface area contributed by atoms with Gasteiger partial charge in [0.1, 0.15) is 6.26 Å². The van der Waals surface area contributed by atoms with E-state index in [4.69, 9.17) is 0 Å². The van der Waals surface area contributed by atoms with E-state index in [0.717, 1.165) is 31.7 Å². The van der Waals surface area contributed by atoms with Gasteiger partial charge in [-0.1, -0.05) is 19.8 Å². The first-order valence-corrected chi connectivity index (χ1v) is 7.70. The third-order valence-electron chi connectivity index (χ3n) is 4.55. The van der Waals surface area contributed by atoms with E-state index < -0.39 is 24.1 Å². The quantitative estimate of drug-likeness (QED) is 0.839. The molecular weight excluding hydrogens is 313 g/mol. The number of hydrogen-bond acceptors (Lipinski definition) is 4. The van der Waals surface area contributed by atoms with Crippen molar-refractivity contribution in [3.63, 3.8) is 0 Å². The molecule has 1 aromatic rings. The Morgan fingerprint density at radius 2 is 2.22 bits per heavy atom. The van der Waals surface area contributed by atoms with Crippen LogP contribution in [0.25, 0.3) is 0 Å². The highest BCUT2D eigenvalue weighted by Crippen LogP contribution is 2.40. The van der Waals surface area contributed by atoms with Crippen molar-refractivity contribution in [3.05, 3.63) is 18.4 Å². The standard InChI is InChI=1S/C15H21F3N2O3/c1-10-3-2-4-11(10)9-12(21)19-6-5-14(22,15(16,17)18)13-20-7-8-23-13/h7-8,10-11,22H,2-6,9H2,1H3,(H,19,21). The van der Waals surface area contributed by atoms with Crippen LogP contribution in [0.15, 0.2) is 16.9 Å². The van der Waals surface area contributed by atoms with Crippen molar-refractivity contribution in [2.24, 2.45) is 11.8 Å². The Hall–Kier alpha value is -1.57. The number of aromatic nitrogens is 1. The Balaban J connectivity index is 1.88. The molecule has 0 aliphatic heterocycles. The summed E-state index contributed by atoms with van der Waals surface area (Å²) in [7, 11) is 0. The Kier molecular flexibility index (Phi) is 5.33. The van der Waals surface area contributed by atoms with Crippen LogP contribution in [-0.2, 0) is 10.4 Å². The summed E-state index contributed by atoms with van der Waals surface area (Å²) in [5.41, 5.74) is -3.20. The van der Waals surface area contributed by atoms with Gasteiger partial charge in [0, 0.05) is 19.4 Å². The van der Waals surface area contributed by atoms with Crippen LogP contribution in [0.3, 0.4) is 0 Å². The van der Waals surface area contributed by atoms with Gasteiger partial charge in [-0.2, -0.15) is 13.2 Å². The van der Waals surface area contributed by atoms with Crippen LogP contribution in [0.1, 0.15) is 44.9 Å². The van der Waals surface area contributed by atoms with Crippen molar-refractivity contribution >= 4 is 5.91 Å². The number of carbonyl (C=O) groups is 1. The molecule has 1 aliphatic carbocycles. The molecule has 2 N–H and O–H groups in total. The summed E-state index contributed by atoms with van der Waals surface area (Å²) in [4.78, 5) is 15.2. The lowest BCUT2D eigenvalue weighted by atomic mass is 9.94. The van der Waals surface area contributed by atoms with E-state index in [1.54, 1.807) is 0 Å². The molecule has 3 atom stereocenters. The smallest absolute Gasteiger partial charge is 0.426 e. The number of hydrogen-bond donors (Lipinski definition) is 2. The van der Waals surface area contributed by atoms with E-state index >= 15 is 0 Å². The summed E-state index contributed by atoms with van der Waals surface area (Å²) in [6.07, 6.45) is -0.251. The van der Waals surface area contributed by atoms with Crippen LogP contribution in [0, 0.1) is 11.8 Å². The fraction of sp³-hybridized carbons (Fsp3) is 0.733. The minimum Gasteiger partial charge on any atom is -0.446 e. The van der Waals surface area contributed by atoms with Gasteiger partial charge < -0.3 is 14.8 Å². The molecule has 3 unspecified atom stereocenters. The van der Waals surface area contributed by atoms with Crippen molar-refractivity contribution in [2.75, 3.05) is 6.54 Å². The number of oxazole rings is 1. The largest absolute Gasteiger partial charge is 0.446 e. The first-order chi connectivity index (χ1) is 10.7. The maximum absolute atomic E-state index is 13.1. The number of nitrogens with one attached hydrogen (secondary N) is 1. The summed E-state index contributed by atoms with van der Waals surface area (Å²) >= 11 is 0. The second-order valence-corrected chi connectivity index (χ2v) is 6.17. The topological polar surface area (TPSA) is 75.4 Å². The van der Waals surface area contributed by atoms with Crippen molar-refractivity contribution in [1.82, 2.24) is 10.3 Å². The molecule has 130 valence electrons. The lowest BCUT2D eigenvalue weighted by molar-refractivity contribution is -0.276. The van der Waals surface area contributed by atoms with Gasteiger partial charge in [0.15, 0.2) is 0 Å². The van der Waals surface area contributed by atoms with Gasteiger partial charge in [-0.15, -0.1) is 0 Å². The number of amides is 1. The van der Waals surface area contributed by atoms with E-state index in [1.807, 2.05) is 0 Å². The highest BCUT2D eigenvalue weighted by Gasteiger charge is 2.58. The second-order valence-electron chi connectivity index (χ2n) is 6.17. The van der Waals surface area contributed by atoms with Crippen molar-refractivity contribution in [3.8, 4) is 0 Å². The average Bonchev–Trinajstić information content (AvgIpc) is 3.10. The van der Waals surface area contributed by atoms with E-state index in [2.05, 4.69) is 21.6 Å². The number of rotatable bonds is 6. The van der Waals surface area contributed by atoms with Crippen molar-refractivity contribution in [2.45, 2.75) is 50.8 Å².